The average Bonchev–Trinajstić information content (AvgIpc) is 2.79. The summed E-state index contributed by atoms with van der Waals surface area (Å²) in [5.74, 6) is -2.23. The minimum Gasteiger partial charge on any atom is -0.465 e. The van der Waals surface area contributed by atoms with Crippen molar-refractivity contribution in [1.29, 1.82) is 0 Å². The van der Waals surface area contributed by atoms with E-state index in [1.54, 1.807) is 18.7 Å². The summed E-state index contributed by atoms with van der Waals surface area (Å²) in [6.45, 7) is 5.35. The zero-order valence-corrected chi connectivity index (χ0v) is 17.9. The van der Waals surface area contributed by atoms with Gasteiger partial charge in [0.1, 0.15) is 6.04 Å². The number of hydrogen-bond donors (Lipinski definition) is 1. The first kappa shape index (κ1) is 23.0. The van der Waals surface area contributed by atoms with Crippen LogP contribution in [0.25, 0.3) is 0 Å². The Hall–Kier alpha value is -3.70. The van der Waals surface area contributed by atoms with Crippen LogP contribution in [0.3, 0.4) is 0 Å². The third-order valence-electron chi connectivity index (χ3n) is 5.19. The zero-order valence-electron chi connectivity index (χ0n) is 17.9. The molecule has 2 aliphatic heterocycles. The highest BCUT2D eigenvalue weighted by Crippen LogP contribution is 2.32. The maximum absolute atomic E-state index is 12.9. The molecule has 1 fully saturated rings. The Bertz CT molecular complexity index is 909. The van der Waals surface area contributed by atoms with Crippen LogP contribution in [-0.2, 0) is 19.1 Å². The number of guanidine groups is 1. The number of nitro benzene ring substituents is 1. The number of piperazine rings is 1. The van der Waals surface area contributed by atoms with E-state index in [-0.39, 0.29) is 24.9 Å². The first-order valence-corrected chi connectivity index (χ1v) is 10.3. The molecule has 2 atom stereocenters. The van der Waals surface area contributed by atoms with Crippen molar-refractivity contribution >= 4 is 29.6 Å². The number of carbonyl (C=O) groups excluding carboxylic acids is 3. The number of esters is 1. The van der Waals surface area contributed by atoms with Crippen LogP contribution < -0.4 is 5.32 Å². The van der Waals surface area contributed by atoms with Gasteiger partial charge in [-0.05, 0) is 19.4 Å². The highest BCUT2D eigenvalue weighted by Gasteiger charge is 2.42. The lowest BCUT2D eigenvalue weighted by Crippen LogP contribution is -2.58. The van der Waals surface area contributed by atoms with Gasteiger partial charge < -0.3 is 19.3 Å². The molecule has 32 heavy (non-hydrogen) atoms. The van der Waals surface area contributed by atoms with Gasteiger partial charge in [-0.3, -0.25) is 25.0 Å². The summed E-state index contributed by atoms with van der Waals surface area (Å²) in [5.41, 5.74) is 0.368. The molecule has 2 aliphatic rings. The van der Waals surface area contributed by atoms with Crippen molar-refractivity contribution in [3.05, 3.63) is 39.9 Å². The van der Waals surface area contributed by atoms with Gasteiger partial charge in [0, 0.05) is 38.3 Å². The van der Waals surface area contributed by atoms with E-state index in [0.29, 0.717) is 31.7 Å². The minimum absolute atomic E-state index is 0.0992. The molecular weight excluding hydrogens is 422 g/mol. The maximum Gasteiger partial charge on any atom is 0.409 e. The van der Waals surface area contributed by atoms with Gasteiger partial charge in [-0.2, -0.15) is 0 Å². The largest absolute Gasteiger partial charge is 0.465 e. The molecule has 0 saturated carbocycles. The van der Waals surface area contributed by atoms with Crippen molar-refractivity contribution in [2.75, 3.05) is 39.4 Å². The highest BCUT2D eigenvalue weighted by molar-refractivity contribution is 6.08. The van der Waals surface area contributed by atoms with Crippen molar-refractivity contribution in [3.8, 4) is 0 Å². The summed E-state index contributed by atoms with van der Waals surface area (Å²) in [6.07, 6.45) is -0.395. The molecule has 0 aliphatic carbocycles. The third-order valence-corrected chi connectivity index (χ3v) is 5.19. The second-order valence-electron chi connectivity index (χ2n) is 7.14. The number of aliphatic imine (C=N–C) groups is 1. The fourth-order valence-electron chi connectivity index (χ4n) is 3.57. The van der Waals surface area contributed by atoms with E-state index in [0.717, 1.165) is 0 Å². The van der Waals surface area contributed by atoms with E-state index in [1.165, 1.54) is 24.3 Å². The number of hydrogen-bond acceptors (Lipinski definition) is 9. The third kappa shape index (κ3) is 4.95. The number of rotatable bonds is 5. The van der Waals surface area contributed by atoms with Gasteiger partial charge >= 0.3 is 12.1 Å². The zero-order chi connectivity index (χ0) is 23.3. The summed E-state index contributed by atoms with van der Waals surface area (Å²) in [7, 11) is 0. The van der Waals surface area contributed by atoms with Gasteiger partial charge in [0.05, 0.1) is 18.1 Å². The Labute approximate surface area is 184 Å². The Balaban J connectivity index is 1.85. The smallest absolute Gasteiger partial charge is 0.409 e. The summed E-state index contributed by atoms with van der Waals surface area (Å²) >= 11 is 0. The molecule has 1 aromatic carbocycles. The van der Waals surface area contributed by atoms with Crippen LogP contribution in [0.2, 0.25) is 0 Å². The summed E-state index contributed by atoms with van der Waals surface area (Å²) in [5, 5.41) is 13.6. The van der Waals surface area contributed by atoms with Gasteiger partial charge in [0.15, 0.2) is 5.92 Å². The van der Waals surface area contributed by atoms with E-state index in [2.05, 4.69) is 10.3 Å². The number of benzene rings is 1. The number of ether oxygens (including phenoxy) is 2. The molecule has 1 aromatic rings. The van der Waals surface area contributed by atoms with Crippen molar-refractivity contribution in [2.24, 2.45) is 10.9 Å². The number of nitrogens with zero attached hydrogens (tertiary/aromatic N) is 4. The Kier molecular flexibility index (Phi) is 7.23. The topological polar surface area (TPSA) is 144 Å². The lowest BCUT2D eigenvalue weighted by molar-refractivity contribution is -0.384. The SMILES string of the molecule is CCOC(=O)[C@H]1C(=O)NC(N2CCN(C(=O)OCC)CC2)=N[C@H]1c1ccc([N+](=O)[O-])cc1. The first-order chi connectivity index (χ1) is 15.3. The Morgan fingerprint density at radius 1 is 1.12 bits per heavy atom. The molecule has 12 heteroatoms. The van der Waals surface area contributed by atoms with Crippen LogP contribution >= 0.6 is 0 Å². The monoisotopic (exact) mass is 447 g/mol. The molecular formula is C20H25N5O7. The minimum atomic E-state index is -1.22. The van der Waals surface area contributed by atoms with Crippen molar-refractivity contribution in [1.82, 2.24) is 15.1 Å². The molecule has 12 nitrogen and oxygen atoms in total. The molecule has 0 unspecified atom stereocenters. The number of nitro groups is 1. The normalized spacial score (nSPS) is 20.8. The number of carbonyl (C=O) groups is 3. The van der Waals surface area contributed by atoms with Crippen LogP contribution in [0.15, 0.2) is 29.3 Å². The highest BCUT2D eigenvalue weighted by atomic mass is 16.6. The number of amides is 2. The van der Waals surface area contributed by atoms with Crippen LogP contribution in [-0.4, -0.2) is 78.0 Å². The van der Waals surface area contributed by atoms with Gasteiger partial charge in [0.2, 0.25) is 11.9 Å². The van der Waals surface area contributed by atoms with Crippen LogP contribution in [0.4, 0.5) is 10.5 Å². The van der Waals surface area contributed by atoms with Crippen LogP contribution in [0.1, 0.15) is 25.5 Å². The molecule has 1 saturated heterocycles. The lowest BCUT2D eigenvalue weighted by atomic mass is 9.91. The maximum atomic E-state index is 12.9. The molecule has 0 bridgehead atoms. The number of nitrogens with one attached hydrogen (secondary N) is 1. The van der Waals surface area contributed by atoms with E-state index >= 15 is 0 Å². The van der Waals surface area contributed by atoms with Gasteiger partial charge in [0.25, 0.3) is 5.69 Å². The quantitative estimate of drug-likeness (QED) is 0.306. The summed E-state index contributed by atoms with van der Waals surface area (Å²) in [6, 6.07) is 4.66. The molecule has 2 heterocycles. The van der Waals surface area contributed by atoms with Crippen LogP contribution in [0, 0.1) is 16.0 Å². The molecule has 0 spiro atoms. The summed E-state index contributed by atoms with van der Waals surface area (Å²) < 4.78 is 10.1. The van der Waals surface area contributed by atoms with Crippen molar-refractivity contribution in [2.45, 2.75) is 19.9 Å². The predicted octanol–water partition coefficient (Wildman–Crippen LogP) is 1.08. The first-order valence-electron chi connectivity index (χ1n) is 10.3. The molecule has 0 aromatic heterocycles. The second-order valence-corrected chi connectivity index (χ2v) is 7.14. The Morgan fingerprint density at radius 3 is 2.31 bits per heavy atom. The van der Waals surface area contributed by atoms with Crippen molar-refractivity contribution < 1.29 is 28.8 Å². The standard InChI is InChI=1S/C20H25N5O7/c1-3-31-18(27)15-16(13-5-7-14(8-6-13)25(29)30)21-19(22-17(15)26)23-9-11-24(12-10-23)20(28)32-4-2/h5-8,15-16H,3-4,9-12H2,1-2H3,(H,21,22,26)/t15-,16+/m1/s1. The molecule has 3 rings (SSSR count). The molecule has 2 amide bonds. The Morgan fingerprint density at radius 2 is 1.75 bits per heavy atom. The second kappa shape index (κ2) is 10.1. The molecule has 0 radical (unpaired) electrons. The number of non-ortho nitro benzene ring substituents is 1. The van der Waals surface area contributed by atoms with Crippen molar-refractivity contribution in [3.63, 3.8) is 0 Å². The van der Waals surface area contributed by atoms with E-state index in [4.69, 9.17) is 9.47 Å². The predicted molar refractivity (Wildman–Crippen MR) is 112 cm³/mol. The fourth-order valence-corrected chi connectivity index (χ4v) is 3.57. The van der Waals surface area contributed by atoms with Gasteiger partial charge in [-0.15, -0.1) is 0 Å². The lowest BCUT2D eigenvalue weighted by Gasteiger charge is -2.38. The molecule has 1 N–H and O–H groups in total. The van der Waals surface area contributed by atoms with Gasteiger partial charge in [-0.25, -0.2) is 9.79 Å². The fraction of sp³-hybridized carbons (Fsp3) is 0.500. The summed E-state index contributed by atoms with van der Waals surface area (Å²) in [4.78, 5) is 55.7. The van der Waals surface area contributed by atoms with E-state index in [1.807, 2.05) is 4.90 Å². The van der Waals surface area contributed by atoms with E-state index in [9.17, 15) is 24.5 Å². The molecule has 172 valence electrons. The average molecular weight is 447 g/mol. The van der Waals surface area contributed by atoms with E-state index < -0.39 is 34.9 Å². The van der Waals surface area contributed by atoms with Crippen LogP contribution in [0.5, 0.6) is 0 Å². The van der Waals surface area contributed by atoms with Gasteiger partial charge in [-0.1, -0.05) is 12.1 Å².